The molecule has 2 N–H and O–H groups in total. The van der Waals surface area contributed by atoms with Gasteiger partial charge in [0.1, 0.15) is 11.9 Å². The van der Waals surface area contributed by atoms with E-state index in [-0.39, 0.29) is 42.2 Å². The van der Waals surface area contributed by atoms with Gasteiger partial charge in [-0.3, -0.25) is 9.59 Å². The molecule has 3 unspecified atom stereocenters. The first-order chi connectivity index (χ1) is 14.6. The Morgan fingerprint density at radius 3 is 2.48 bits per heavy atom. The minimum atomic E-state index is -0.849. The number of unbranched alkanes of at least 4 members (excludes halogenated alkanes) is 1. The summed E-state index contributed by atoms with van der Waals surface area (Å²) in [5, 5.41) is 19.5. The molecule has 31 heavy (non-hydrogen) atoms. The third-order valence-corrected chi connectivity index (χ3v) is 6.07. The lowest BCUT2D eigenvalue weighted by Gasteiger charge is -2.16. The van der Waals surface area contributed by atoms with Gasteiger partial charge < -0.3 is 14.9 Å². The Morgan fingerprint density at radius 1 is 1.23 bits per heavy atom. The average molecular weight is 433 g/mol. The van der Waals surface area contributed by atoms with Gasteiger partial charge in [-0.1, -0.05) is 75.6 Å². The highest BCUT2D eigenvalue weighted by atomic mass is 16.6. The molecule has 5 heteroatoms. The summed E-state index contributed by atoms with van der Waals surface area (Å²) in [4.78, 5) is 23.8. The van der Waals surface area contributed by atoms with E-state index in [4.69, 9.17) is 4.74 Å². The monoisotopic (exact) mass is 432 g/mol. The number of cyclic esters (lactones) is 1. The maximum absolute atomic E-state index is 12.5. The Kier molecular flexibility index (Phi) is 11.7. The van der Waals surface area contributed by atoms with Crippen molar-refractivity contribution in [3.05, 3.63) is 47.6 Å². The number of aliphatic hydroxyl groups excluding tert-OH is 2. The first-order valence-electron chi connectivity index (χ1n) is 11.3. The second kappa shape index (κ2) is 13.4. The molecule has 1 fully saturated rings. The van der Waals surface area contributed by atoms with Crippen LogP contribution in [0.3, 0.4) is 0 Å². The van der Waals surface area contributed by atoms with Crippen LogP contribution in [0.4, 0.5) is 0 Å². The summed E-state index contributed by atoms with van der Waals surface area (Å²) in [7, 11) is 0. The van der Waals surface area contributed by atoms with E-state index >= 15 is 0 Å². The van der Waals surface area contributed by atoms with Crippen LogP contribution in [0.15, 0.2) is 47.6 Å². The second-order valence-electron chi connectivity index (χ2n) is 8.78. The van der Waals surface area contributed by atoms with Crippen molar-refractivity contribution in [2.24, 2.45) is 23.7 Å². The van der Waals surface area contributed by atoms with E-state index in [2.05, 4.69) is 6.92 Å². The maximum atomic E-state index is 12.5. The molecule has 1 saturated heterocycles. The van der Waals surface area contributed by atoms with Crippen LogP contribution in [-0.2, 0) is 14.3 Å². The molecule has 5 nitrogen and oxygen atoms in total. The zero-order valence-electron chi connectivity index (χ0n) is 19.9. The number of ketones is 1. The Balaban J connectivity index is 2.81. The van der Waals surface area contributed by atoms with Crippen molar-refractivity contribution in [1.82, 2.24) is 0 Å². The zero-order chi connectivity index (χ0) is 23.6. The van der Waals surface area contributed by atoms with Gasteiger partial charge in [-0.05, 0) is 32.8 Å². The van der Waals surface area contributed by atoms with Crippen LogP contribution in [0.5, 0.6) is 0 Å². The van der Waals surface area contributed by atoms with Crippen molar-refractivity contribution in [2.75, 3.05) is 6.61 Å². The zero-order valence-corrected chi connectivity index (χ0v) is 19.9. The van der Waals surface area contributed by atoms with E-state index in [1.807, 2.05) is 45.1 Å². The third kappa shape index (κ3) is 8.58. The Labute approximate surface area is 187 Å². The number of esters is 1. The van der Waals surface area contributed by atoms with Crippen molar-refractivity contribution in [1.29, 1.82) is 0 Å². The summed E-state index contributed by atoms with van der Waals surface area (Å²) < 4.78 is 5.64. The van der Waals surface area contributed by atoms with Crippen molar-refractivity contribution in [3.63, 3.8) is 0 Å². The van der Waals surface area contributed by atoms with Crippen LogP contribution in [-0.4, -0.2) is 40.8 Å². The normalized spacial score (nSPS) is 25.8. The van der Waals surface area contributed by atoms with Crippen LogP contribution in [0.2, 0.25) is 0 Å². The van der Waals surface area contributed by atoms with E-state index < -0.39 is 12.0 Å². The van der Waals surface area contributed by atoms with Gasteiger partial charge >= 0.3 is 5.97 Å². The first-order valence-corrected chi connectivity index (χ1v) is 11.3. The molecule has 0 aromatic heterocycles. The molecule has 0 saturated carbocycles. The highest BCUT2D eigenvalue weighted by Crippen LogP contribution is 2.34. The molecule has 0 aromatic carbocycles. The van der Waals surface area contributed by atoms with Crippen LogP contribution in [0.1, 0.15) is 60.8 Å². The summed E-state index contributed by atoms with van der Waals surface area (Å²) in [6.45, 7) is 11.2. The molecule has 1 rings (SSSR count). The summed E-state index contributed by atoms with van der Waals surface area (Å²) in [5.41, 5.74) is 1.81. The number of ether oxygens (including phenoxy) is 1. The summed E-state index contributed by atoms with van der Waals surface area (Å²) in [6, 6.07) is 0. The number of Topliss-reactive ketones (excluding diaryl/α,β-unsaturated/α-hetero) is 1. The van der Waals surface area contributed by atoms with Gasteiger partial charge in [-0.25, -0.2) is 0 Å². The van der Waals surface area contributed by atoms with E-state index in [1.54, 1.807) is 19.1 Å². The summed E-state index contributed by atoms with van der Waals surface area (Å²) in [6.07, 6.45) is 13.1. The molecule has 1 heterocycles. The highest BCUT2D eigenvalue weighted by molar-refractivity contribution is 5.79. The Hall–Kier alpha value is -1.98. The smallest absolute Gasteiger partial charge is 0.313 e. The molecule has 0 amide bonds. The fourth-order valence-electron chi connectivity index (χ4n) is 3.61. The van der Waals surface area contributed by atoms with E-state index in [9.17, 15) is 19.8 Å². The number of aliphatic hydroxyl groups is 2. The summed E-state index contributed by atoms with van der Waals surface area (Å²) >= 11 is 0. The fraction of sp³-hybridized carbons (Fsp3) is 0.615. The van der Waals surface area contributed by atoms with E-state index in [0.29, 0.717) is 0 Å². The number of rotatable bonds is 12. The molecule has 6 atom stereocenters. The lowest BCUT2D eigenvalue weighted by Crippen LogP contribution is -2.21. The van der Waals surface area contributed by atoms with E-state index in [1.165, 1.54) is 6.92 Å². The molecule has 174 valence electrons. The predicted octanol–water partition coefficient (Wildman–Crippen LogP) is 4.55. The molecule has 0 bridgehead atoms. The molecule has 0 radical (unpaired) electrons. The number of carbonyl (C=O) groups excluding carboxylic acids is 2. The largest absolute Gasteiger partial charge is 0.457 e. The van der Waals surface area contributed by atoms with Crippen molar-refractivity contribution in [3.8, 4) is 0 Å². The van der Waals surface area contributed by atoms with Crippen LogP contribution in [0, 0.1) is 23.7 Å². The van der Waals surface area contributed by atoms with Gasteiger partial charge in [0.05, 0.1) is 12.0 Å². The SMILES string of the molecule is CCCCC(/C=C/C=C(\C)[C@H]1OC(=O)[C@@H](/C=C(C)/C=C/C(O)C(C)C(C)=O)[C@@H]1C)CO. The minimum Gasteiger partial charge on any atom is -0.457 e. The van der Waals surface area contributed by atoms with Gasteiger partial charge in [-0.2, -0.15) is 0 Å². The van der Waals surface area contributed by atoms with Gasteiger partial charge in [-0.15, -0.1) is 0 Å². The highest BCUT2D eigenvalue weighted by Gasteiger charge is 2.41. The minimum absolute atomic E-state index is 0.0182. The molecular formula is C26H40O5. The molecule has 0 spiro atoms. The van der Waals surface area contributed by atoms with Gasteiger partial charge in [0, 0.05) is 24.4 Å². The quantitative estimate of drug-likeness (QED) is 0.349. The standard InChI is InChI=1S/C26H40O5/c1-7-8-11-22(16-27)12-9-10-18(3)25-20(5)23(26(30)31-25)15-17(2)13-14-24(29)19(4)21(6)28/h9-10,12-15,19-20,22-25,27,29H,7-8,11,16H2,1-6H3/b12-9+,14-13+,17-15+,18-10+/t19?,20-,22?,23-,24?,25+/m0/s1. The number of hydrogen-bond donors (Lipinski definition) is 2. The lowest BCUT2D eigenvalue weighted by molar-refractivity contribution is -0.142. The molecule has 0 aromatic rings. The fourth-order valence-corrected chi connectivity index (χ4v) is 3.61. The molecule has 1 aliphatic rings. The summed E-state index contributed by atoms with van der Waals surface area (Å²) in [5.74, 6) is -1.01. The number of carbonyl (C=O) groups is 2. The van der Waals surface area contributed by atoms with Crippen LogP contribution >= 0.6 is 0 Å². The van der Waals surface area contributed by atoms with E-state index in [0.717, 1.165) is 30.4 Å². The Morgan fingerprint density at radius 2 is 1.90 bits per heavy atom. The van der Waals surface area contributed by atoms with Crippen LogP contribution < -0.4 is 0 Å². The number of allylic oxidation sites excluding steroid dienone is 4. The lowest BCUT2D eigenvalue weighted by atomic mass is 9.87. The van der Waals surface area contributed by atoms with Gasteiger partial charge in [0.25, 0.3) is 0 Å². The van der Waals surface area contributed by atoms with Crippen molar-refractivity contribution in [2.45, 2.75) is 73.0 Å². The van der Waals surface area contributed by atoms with Gasteiger partial charge in [0.15, 0.2) is 0 Å². The van der Waals surface area contributed by atoms with Crippen LogP contribution in [0.25, 0.3) is 0 Å². The maximum Gasteiger partial charge on any atom is 0.313 e. The molecule has 1 aliphatic heterocycles. The second-order valence-corrected chi connectivity index (χ2v) is 8.78. The molecule has 0 aliphatic carbocycles. The van der Waals surface area contributed by atoms with Gasteiger partial charge in [0.2, 0.25) is 0 Å². The molecular weight excluding hydrogens is 392 g/mol. The third-order valence-electron chi connectivity index (χ3n) is 6.07. The van der Waals surface area contributed by atoms with Crippen molar-refractivity contribution >= 4 is 11.8 Å². The first kappa shape index (κ1) is 27.1. The topological polar surface area (TPSA) is 83.8 Å². The Bertz CT molecular complexity index is 715. The van der Waals surface area contributed by atoms with Crippen molar-refractivity contribution < 1.29 is 24.5 Å². The average Bonchev–Trinajstić information content (AvgIpc) is 3.01. The predicted molar refractivity (Wildman–Crippen MR) is 124 cm³/mol. The number of hydrogen-bond acceptors (Lipinski definition) is 5.